The van der Waals surface area contributed by atoms with Gasteiger partial charge in [-0.2, -0.15) is 0 Å². The van der Waals surface area contributed by atoms with E-state index in [1.54, 1.807) is 0 Å². The second-order valence-electron chi connectivity index (χ2n) is 11.6. The Balaban J connectivity index is 1.45. The van der Waals surface area contributed by atoms with Gasteiger partial charge in [0.05, 0.1) is 0 Å². The van der Waals surface area contributed by atoms with Crippen molar-refractivity contribution in [2.45, 2.75) is 77.7 Å². The first-order chi connectivity index (χ1) is 14.2. The quantitative estimate of drug-likeness (QED) is 0.696. The normalized spacial score (nSPS) is 43.2. The molecule has 3 saturated carbocycles. The molecule has 5 nitrogen and oxygen atoms in total. The zero-order valence-electron chi connectivity index (χ0n) is 19.9. The molecule has 0 bridgehead atoms. The van der Waals surface area contributed by atoms with Gasteiger partial charge < -0.3 is 15.1 Å². The van der Waals surface area contributed by atoms with Gasteiger partial charge in [0.25, 0.3) is 0 Å². The van der Waals surface area contributed by atoms with Gasteiger partial charge in [-0.3, -0.25) is 9.59 Å². The molecule has 4 unspecified atom stereocenters. The topological polar surface area (TPSA) is 52.7 Å². The highest BCUT2D eigenvalue weighted by Crippen LogP contribution is 2.66. The number of hydrogen-bond donors (Lipinski definition) is 1. The van der Waals surface area contributed by atoms with Crippen LogP contribution in [0.4, 0.5) is 0 Å². The van der Waals surface area contributed by atoms with Gasteiger partial charge in [-0.1, -0.05) is 13.8 Å². The summed E-state index contributed by atoms with van der Waals surface area (Å²) in [6.07, 6.45) is 9.85. The summed E-state index contributed by atoms with van der Waals surface area (Å²) < 4.78 is 0. The lowest BCUT2D eigenvalue weighted by Crippen LogP contribution is -2.61. The molecule has 0 aromatic carbocycles. The van der Waals surface area contributed by atoms with E-state index in [9.17, 15) is 9.59 Å². The summed E-state index contributed by atoms with van der Waals surface area (Å²) in [7, 11) is 6.19. The predicted molar refractivity (Wildman–Crippen MR) is 120 cm³/mol. The molecule has 0 spiro atoms. The summed E-state index contributed by atoms with van der Waals surface area (Å²) in [5.41, 5.74) is 0.422. The fourth-order valence-corrected chi connectivity index (χ4v) is 8.31. The summed E-state index contributed by atoms with van der Waals surface area (Å²) in [6.45, 7) is 6.71. The average Bonchev–Trinajstić information content (AvgIpc) is 3.05. The van der Waals surface area contributed by atoms with Crippen LogP contribution in [0.25, 0.3) is 0 Å². The van der Waals surface area contributed by atoms with E-state index in [2.05, 4.69) is 43.1 Å². The van der Waals surface area contributed by atoms with E-state index in [0.717, 1.165) is 44.7 Å². The van der Waals surface area contributed by atoms with E-state index in [-0.39, 0.29) is 16.7 Å². The van der Waals surface area contributed by atoms with Crippen LogP contribution in [0.5, 0.6) is 0 Å². The van der Waals surface area contributed by atoms with Crippen molar-refractivity contribution >= 4 is 11.8 Å². The number of carbonyl (C=O) groups is 2. The van der Waals surface area contributed by atoms with Gasteiger partial charge in [-0.25, -0.2) is 0 Å². The summed E-state index contributed by atoms with van der Waals surface area (Å²) in [4.78, 5) is 29.7. The first-order valence-electron chi connectivity index (χ1n) is 12.4. The Kier molecular flexibility index (Phi) is 5.97. The molecule has 1 aliphatic heterocycles. The second kappa shape index (κ2) is 8.11. The first-order valence-corrected chi connectivity index (χ1v) is 12.4. The van der Waals surface area contributed by atoms with Crippen molar-refractivity contribution in [1.29, 1.82) is 0 Å². The molecule has 170 valence electrons. The Morgan fingerprint density at radius 2 is 1.80 bits per heavy atom. The van der Waals surface area contributed by atoms with Crippen LogP contribution in [-0.2, 0) is 9.59 Å². The lowest BCUT2D eigenvalue weighted by atomic mass is 9.47. The maximum atomic E-state index is 13.1. The van der Waals surface area contributed by atoms with Gasteiger partial charge in [-0.05, 0) is 101 Å². The summed E-state index contributed by atoms with van der Waals surface area (Å²) in [5, 5.41) is 3.26. The number of rotatable bonds is 5. The van der Waals surface area contributed by atoms with Crippen molar-refractivity contribution in [3.05, 3.63) is 0 Å². The molecule has 2 amide bonds. The fourth-order valence-electron chi connectivity index (χ4n) is 8.31. The molecular weight excluding hydrogens is 374 g/mol. The molecule has 7 atom stereocenters. The summed E-state index contributed by atoms with van der Waals surface area (Å²) >= 11 is 0. The molecule has 0 radical (unpaired) electrons. The average molecular weight is 418 g/mol. The Morgan fingerprint density at radius 3 is 2.53 bits per heavy atom. The van der Waals surface area contributed by atoms with Crippen molar-refractivity contribution < 1.29 is 9.59 Å². The molecule has 0 aromatic heterocycles. The Hall–Kier alpha value is -1.10. The van der Waals surface area contributed by atoms with Crippen LogP contribution in [0.1, 0.15) is 71.6 Å². The molecule has 4 aliphatic rings. The Morgan fingerprint density at radius 1 is 1.07 bits per heavy atom. The van der Waals surface area contributed by atoms with Crippen molar-refractivity contribution in [2.75, 3.05) is 34.2 Å². The van der Waals surface area contributed by atoms with Crippen LogP contribution in [0, 0.1) is 34.5 Å². The van der Waals surface area contributed by atoms with E-state index >= 15 is 0 Å². The van der Waals surface area contributed by atoms with Gasteiger partial charge >= 0.3 is 0 Å². The first kappa shape index (κ1) is 22.1. The van der Waals surface area contributed by atoms with Crippen LogP contribution in [0.15, 0.2) is 0 Å². The number of carbonyl (C=O) groups excluding carboxylic acids is 2. The zero-order chi connectivity index (χ0) is 21.7. The SMILES string of the molecule is CN(C)CCCNC(=O)C1CCC2C3CC[C@H]4N(C)C(=O)CC[C@]4(C)C3CC[C@]12C. The summed E-state index contributed by atoms with van der Waals surface area (Å²) in [5.74, 6) is 2.95. The molecule has 3 aliphatic carbocycles. The smallest absolute Gasteiger partial charge is 0.223 e. The summed E-state index contributed by atoms with van der Waals surface area (Å²) in [6, 6.07) is 0.418. The molecule has 0 aromatic rings. The van der Waals surface area contributed by atoms with E-state index in [1.165, 1.54) is 25.7 Å². The highest BCUT2D eigenvalue weighted by molar-refractivity contribution is 5.80. The molecule has 1 heterocycles. The molecule has 30 heavy (non-hydrogen) atoms. The van der Waals surface area contributed by atoms with Crippen LogP contribution >= 0.6 is 0 Å². The van der Waals surface area contributed by atoms with Crippen LogP contribution in [-0.4, -0.2) is 61.9 Å². The van der Waals surface area contributed by atoms with Crippen LogP contribution < -0.4 is 5.32 Å². The number of hydrogen-bond acceptors (Lipinski definition) is 3. The van der Waals surface area contributed by atoms with Crippen molar-refractivity contribution in [3.8, 4) is 0 Å². The Bertz CT molecular complexity index is 679. The van der Waals surface area contributed by atoms with Gasteiger partial charge in [0, 0.05) is 32.0 Å². The molecule has 1 saturated heterocycles. The van der Waals surface area contributed by atoms with E-state index in [4.69, 9.17) is 0 Å². The van der Waals surface area contributed by atoms with Crippen LogP contribution in [0.2, 0.25) is 0 Å². The molecule has 1 N–H and O–H groups in total. The third-order valence-corrected chi connectivity index (χ3v) is 9.96. The fraction of sp³-hybridized carbons (Fsp3) is 0.920. The third-order valence-electron chi connectivity index (χ3n) is 9.96. The third kappa shape index (κ3) is 3.49. The second-order valence-corrected chi connectivity index (χ2v) is 11.6. The van der Waals surface area contributed by atoms with E-state index < -0.39 is 0 Å². The van der Waals surface area contributed by atoms with E-state index in [1.807, 2.05) is 7.05 Å². The highest BCUT2D eigenvalue weighted by Gasteiger charge is 2.62. The van der Waals surface area contributed by atoms with Gasteiger partial charge in [0.2, 0.25) is 11.8 Å². The van der Waals surface area contributed by atoms with Crippen molar-refractivity contribution in [2.24, 2.45) is 34.5 Å². The minimum Gasteiger partial charge on any atom is -0.356 e. The maximum Gasteiger partial charge on any atom is 0.223 e. The lowest BCUT2D eigenvalue weighted by Gasteiger charge is -2.61. The monoisotopic (exact) mass is 417 g/mol. The van der Waals surface area contributed by atoms with Gasteiger partial charge in [0.1, 0.15) is 0 Å². The number of nitrogens with one attached hydrogen (secondary N) is 1. The van der Waals surface area contributed by atoms with E-state index in [0.29, 0.717) is 36.1 Å². The molecule has 4 fully saturated rings. The highest BCUT2D eigenvalue weighted by atomic mass is 16.2. The van der Waals surface area contributed by atoms with Gasteiger partial charge in [0.15, 0.2) is 0 Å². The number of nitrogens with zero attached hydrogens (tertiary/aromatic N) is 2. The van der Waals surface area contributed by atoms with Crippen LogP contribution in [0.3, 0.4) is 0 Å². The zero-order valence-corrected chi connectivity index (χ0v) is 19.9. The molecule has 5 heteroatoms. The lowest BCUT2D eigenvalue weighted by molar-refractivity contribution is -0.159. The van der Waals surface area contributed by atoms with Crippen molar-refractivity contribution in [3.63, 3.8) is 0 Å². The molecule has 4 rings (SSSR count). The number of likely N-dealkylation sites (tertiary alicyclic amines) is 1. The van der Waals surface area contributed by atoms with Crippen molar-refractivity contribution in [1.82, 2.24) is 15.1 Å². The molecular formula is C25H43N3O2. The Labute approximate surface area is 183 Å². The number of piperidine rings is 1. The minimum atomic E-state index is 0.159. The van der Waals surface area contributed by atoms with Gasteiger partial charge in [-0.15, -0.1) is 0 Å². The largest absolute Gasteiger partial charge is 0.356 e. The maximum absolute atomic E-state index is 13.1. The number of fused-ring (bicyclic) bond motifs is 5. The number of amides is 2. The standard InChI is InChI=1S/C25H43N3O2/c1-24-13-11-19-17(7-10-21-25(19,2)14-12-22(29)28(21)5)18(24)8-9-20(24)23(30)26-15-6-16-27(3)4/h17-21H,6-16H2,1-5H3,(H,26,30)/t17?,18?,19?,20?,21-,24+,25-/m1/s1. The minimum absolute atomic E-state index is 0.159. The predicted octanol–water partition coefficient (Wildman–Crippen LogP) is 3.53.